The van der Waals surface area contributed by atoms with Crippen LogP contribution in [0.2, 0.25) is 0 Å². The number of benzene rings is 2. The maximum absolute atomic E-state index is 15.9. The zero-order valence-corrected chi connectivity index (χ0v) is 26.6. The zero-order chi connectivity index (χ0) is 32.6. The SMILES string of the molecule is CCCc1c(Cc2ccc(-c3ccccc3-c3noc(=O)[nH]3)cc2F)c(=O)n([C@H]2CC[C@H](OC(C)C(C)(C)O)CC2)c2ccnn12. The van der Waals surface area contributed by atoms with Gasteiger partial charge in [0.1, 0.15) is 11.5 Å². The van der Waals surface area contributed by atoms with Gasteiger partial charge in [-0.1, -0.05) is 54.9 Å². The number of hydrogen-bond donors (Lipinski definition) is 2. The number of ether oxygens (including phenoxy) is 1. The van der Waals surface area contributed by atoms with Gasteiger partial charge in [-0.3, -0.25) is 18.9 Å². The van der Waals surface area contributed by atoms with Gasteiger partial charge in [-0.2, -0.15) is 5.10 Å². The standard InChI is InChI=1S/C35H40FN5O5/c1-5-8-30-28(19-23-12-11-22(20-29(23)36)26-9-6-7-10-27(26)32-38-34(43)46-39-32)33(42)40(31-17-18-37-41(30)31)24-13-15-25(16-14-24)45-21(2)35(3,4)44/h6-7,9-12,17-18,20-21,24-25,44H,5,8,13-16,19H2,1-4H3,(H,38,39,43)/t21?,24-,25-. The number of halogens is 1. The van der Waals surface area contributed by atoms with Crippen LogP contribution in [0.25, 0.3) is 28.2 Å². The Labute approximate surface area is 265 Å². The number of rotatable bonds is 10. The molecule has 6 rings (SSSR count). The van der Waals surface area contributed by atoms with Gasteiger partial charge in [-0.25, -0.2) is 13.7 Å². The molecule has 1 aliphatic rings. The van der Waals surface area contributed by atoms with Crippen LogP contribution in [0.15, 0.2) is 68.8 Å². The van der Waals surface area contributed by atoms with Crippen LogP contribution < -0.4 is 11.3 Å². The van der Waals surface area contributed by atoms with Gasteiger partial charge in [-0.05, 0) is 75.6 Å². The molecule has 242 valence electrons. The number of aromatic amines is 1. The topological polar surface area (TPSA) is 128 Å². The van der Waals surface area contributed by atoms with Crippen molar-refractivity contribution < 1.29 is 18.8 Å². The fraction of sp³-hybridized carbons (Fsp3) is 0.429. The normalized spacial score (nSPS) is 17.9. The minimum Gasteiger partial charge on any atom is -0.388 e. The smallest absolute Gasteiger partial charge is 0.388 e. The third kappa shape index (κ3) is 6.21. The lowest BCUT2D eigenvalue weighted by molar-refractivity contribution is -0.118. The Hall–Kier alpha value is -4.35. The van der Waals surface area contributed by atoms with E-state index in [9.17, 15) is 14.7 Å². The molecule has 0 radical (unpaired) electrons. The third-order valence-corrected chi connectivity index (χ3v) is 9.19. The number of H-pyrrole nitrogens is 1. The number of aromatic nitrogens is 5. The first kappa shape index (κ1) is 31.6. The van der Waals surface area contributed by atoms with Crippen molar-refractivity contribution in [2.75, 3.05) is 0 Å². The number of aliphatic hydroxyl groups is 1. The molecule has 5 aromatic rings. The molecule has 0 saturated heterocycles. The molecule has 2 N–H and O–H groups in total. The van der Waals surface area contributed by atoms with Crippen molar-refractivity contribution >= 4 is 5.65 Å². The Morgan fingerprint density at radius 2 is 1.85 bits per heavy atom. The summed E-state index contributed by atoms with van der Waals surface area (Å²) in [5.74, 6) is -0.848. The predicted molar refractivity (Wildman–Crippen MR) is 172 cm³/mol. The van der Waals surface area contributed by atoms with Crippen molar-refractivity contribution in [3.8, 4) is 22.5 Å². The van der Waals surface area contributed by atoms with E-state index in [-0.39, 0.29) is 36.1 Å². The van der Waals surface area contributed by atoms with Crippen LogP contribution in [0.1, 0.15) is 82.7 Å². The fourth-order valence-corrected chi connectivity index (χ4v) is 6.44. The fourth-order valence-electron chi connectivity index (χ4n) is 6.44. The highest BCUT2D eigenvalue weighted by Gasteiger charge is 2.31. The summed E-state index contributed by atoms with van der Waals surface area (Å²) in [4.78, 5) is 28.5. The second-order valence-electron chi connectivity index (χ2n) is 12.8. The van der Waals surface area contributed by atoms with E-state index in [0.29, 0.717) is 34.2 Å². The number of nitrogens with zero attached hydrogens (tertiary/aromatic N) is 4. The molecular formula is C35H40FN5O5. The second-order valence-corrected chi connectivity index (χ2v) is 12.8. The van der Waals surface area contributed by atoms with Gasteiger partial charge in [0.05, 0.1) is 29.7 Å². The summed E-state index contributed by atoms with van der Waals surface area (Å²) in [6.45, 7) is 7.43. The highest BCUT2D eigenvalue weighted by Crippen LogP contribution is 2.34. The molecule has 3 heterocycles. The molecule has 0 bridgehead atoms. The lowest BCUT2D eigenvalue weighted by atomic mass is 9.91. The van der Waals surface area contributed by atoms with E-state index in [4.69, 9.17) is 4.74 Å². The lowest BCUT2D eigenvalue weighted by Gasteiger charge is -2.35. The Morgan fingerprint density at radius 1 is 1.11 bits per heavy atom. The molecule has 1 atom stereocenters. The van der Waals surface area contributed by atoms with E-state index >= 15 is 4.39 Å². The average molecular weight is 630 g/mol. The molecule has 1 fully saturated rings. The highest BCUT2D eigenvalue weighted by atomic mass is 19.1. The third-order valence-electron chi connectivity index (χ3n) is 9.19. The largest absolute Gasteiger partial charge is 0.439 e. The van der Waals surface area contributed by atoms with Gasteiger partial charge in [0, 0.05) is 29.7 Å². The predicted octanol–water partition coefficient (Wildman–Crippen LogP) is 5.85. The van der Waals surface area contributed by atoms with E-state index in [1.807, 2.05) is 40.3 Å². The lowest BCUT2D eigenvalue weighted by Crippen LogP contribution is -2.40. The van der Waals surface area contributed by atoms with E-state index in [2.05, 4.69) is 26.7 Å². The van der Waals surface area contributed by atoms with Crippen molar-refractivity contribution in [1.29, 1.82) is 0 Å². The Balaban J connectivity index is 1.33. The number of fused-ring (bicyclic) bond motifs is 1. The molecule has 1 saturated carbocycles. The van der Waals surface area contributed by atoms with Gasteiger partial charge >= 0.3 is 5.76 Å². The first-order valence-corrected chi connectivity index (χ1v) is 16.0. The average Bonchev–Trinajstić information content (AvgIpc) is 3.69. The van der Waals surface area contributed by atoms with Gasteiger partial charge in [0.15, 0.2) is 5.82 Å². The van der Waals surface area contributed by atoms with E-state index in [1.54, 1.807) is 38.2 Å². The summed E-state index contributed by atoms with van der Waals surface area (Å²) >= 11 is 0. The van der Waals surface area contributed by atoms with Crippen molar-refractivity contribution in [2.24, 2.45) is 0 Å². The van der Waals surface area contributed by atoms with Crippen LogP contribution in [0, 0.1) is 5.82 Å². The van der Waals surface area contributed by atoms with E-state index in [1.165, 1.54) is 6.07 Å². The second kappa shape index (κ2) is 12.8. The quantitative estimate of drug-likeness (QED) is 0.198. The molecule has 0 amide bonds. The molecule has 11 heteroatoms. The zero-order valence-electron chi connectivity index (χ0n) is 26.6. The maximum atomic E-state index is 15.9. The van der Waals surface area contributed by atoms with Crippen LogP contribution in [0.5, 0.6) is 0 Å². The van der Waals surface area contributed by atoms with E-state index in [0.717, 1.165) is 43.4 Å². The molecule has 2 aromatic carbocycles. The van der Waals surface area contributed by atoms with Gasteiger partial charge in [0.2, 0.25) is 0 Å². The molecular weight excluding hydrogens is 589 g/mol. The molecule has 0 spiro atoms. The first-order valence-electron chi connectivity index (χ1n) is 16.0. The molecule has 1 aliphatic carbocycles. The van der Waals surface area contributed by atoms with E-state index < -0.39 is 17.2 Å². The summed E-state index contributed by atoms with van der Waals surface area (Å²) in [5, 5.41) is 18.7. The number of aryl methyl sites for hydroxylation is 1. The van der Waals surface area contributed by atoms with Crippen LogP contribution >= 0.6 is 0 Å². The monoisotopic (exact) mass is 629 g/mol. The number of nitrogens with one attached hydrogen (secondary N) is 1. The highest BCUT2D eigenvalue weighted by molar-refractivity contribution is 5.80. The summed E-state index contributed by atoms with van der Waals surface area (Å²) in [6.07, 6.45) is 5.99. The van der Waals surface area contributed by atoms with Crippen molar-refractivity contribution in [2.45, 2.75) is 96.5 Å². The van der Waals surface area contributed by atoms with Gasteiger partial charge in [-0.15, -0.1) is 0 Å². The Morgan fingerprint density at radius 3 is 2.50 bits per heavy atom. The van der Waals surface area contributed by atoms with Crippen LogP contribution in [-0.4, -0.2) is 47.2 Å². The van der Waals surface area contributed by atoms with Crippen LogP contribution in [0.4, 0.5) is 4.39 Å². The maximum Gasteiger partial charge on any atom is 0.439 e. The minimum atomic E-state index is -0.935. The Kier molecular flexibility index (Phi) is 8.80. The van der Waals surface area contributed by atoms with Crippen molar-refractivity contribution in [3.05, 3.63) is 98.3 Å². The molecule has 10 nitrogen and oxygen atoms in total. The van der Waals surface area contributed by atoms with Crippen molar-refractivity contribution in [1.82, 2.24) is 24.3 Å². The Bertz CT molecular complexity index is 1960. The summed E-state index contributed by atoms with van der Waals surface area (Å²) in [7, 11) is 0. The van der Waals surface area contributed by atoms with Crippen LogP contribution in [-0.2, 0) is 17.6 Å². The molecule has 46 heavy (non-hydrogen) atoms. The molecule has 1 unspecified atom stereocenters. The van der Waals surface area contributed by atoms with Crippen molar-refractivity contribution in [3.63, 3.8) is 0 Å². The number of hydrogen-bond acceptors (Lipinski definition) is 7. The minimum absolute atomic E-state index is 0.00965. The summed E-state index contributed by atoms with van der Waals surface area (Å²) in [5.41, 5.74) is 3.32. The van der Waals surface area contributed by atoms with Gasteiger partial charge in [0.25, 0.3) is 5.56 Å². The first-order chi connectivity index (χ1) is 22.0. The molecule has 3 aromatic heterocycles. The molecule has 0 aliphatic heterocycles. The summed E-state index contributed by atoms with van der Waals surface area (Å²) < 4.78 is 30.4. The van der Waals surface area contributed by atoms with Crippen LogP contribution in [0.3, 0.4) is 0 Å². The van der Waals surface area contributed by atoms with Gasteiger partial charge < -0.3 is 9.84 Å². The summed E-state index contributed by atoms with van der Waals surface area (Å²) in [6, 6.07) is 14.0.